The van der Waals surface area contributed by atoms with Crippen LogP contribution in [0.25, 0.3) is 11.1 Å². The van der Waals surface area contributed by atoms with Gasteiger partial charge in [0.2, 0.25) is 10.0 Å². The van der Waals surface area contributed by atoms with Crippen molar-refractivity contribution in [3.63, 3.8) is 0 Å². The summed E-state index contributed by atoms with van der Waals surface area (Å²) < 4.78 is 41.2. The van der Waals surface area contributed by atoms with Crippen molar-refractivity contribution < 1.29 is 17.5 Å². The molecule has 2 rings (SSSR count). The second-order valence-electron chi connectivity index (χ2n) is 3.89. The zero-order valence-corrected chi connectivity index (χ0v) is 10.9. The molecule has 0 amide bonds. The van der Waals surface area contributed by atoms with Crippen LogP contribution in [0.3, 0.4) is 0 Å². The maximum Gasteiger partial charge on any atom is 0.238 e. The molecule has 2 aromatic carbocycles. The predicted molar refractivity (Wildman–Crippen MR) is 69.8 cm³/mol. The Morgan fingerprint density at radius 1 is 1.11 bits per heavy atom. The van der Waals surface area contributed by atoms with Gasteiger partial charge in [0.05, 0.1) is 17.6 Å². The summed E-state index contributed by atoms with van der Waals surface area (Å²) in [6.07, 6.45) is 0. The molecule has 6 heteroatoms. The van der Waals surface area contributed by atoms with Gasteiger partial charge in [-0.1, -0.05) is 18.2 Å². The molecule has 0 aliphatic heterocycles. The molecule has 100 valence electrons. The van der Waals surface area contributed by atoms with Crippen molar-refractivity contribution in [2.75, 3.05) is 7.11 Å². The molecule has 0 saturated carbocycles. The van der Waals surface area contributed by atoms with Gasteiger partial charge in [-0.15, -0.1) is 0 Å². The second-order valence-corrected chi connectivity index (χ2v) is 5.45. The topological polar surface area (TPSA) is 69.4 Å². The second kappa shape index (κ2) is 4.99. The van der Waals surface area contributed by atoms with E-state index in [0.717, 1.165) is 0 Å². The van der Waals surface area contributed by atoms with E-state index < -0.39 is 15.8 Å². The standard InChI is InChI=1S/C13H12FNO3S/c1-18-12-4-2-3-11(14)13(12)9-5-7-10(8-6-9)19(15,16)17/h2-8H,1H3,(H2,15,16,17). The van der Waals surface area contributed by atoms with Gasteiger partial charge in [-0.2, -0.15) is 0 Å². The normalized spacial score (nSPS) is 11.3. The van der Waals surface area contributed by atoms with E-state index >= 15 is 0 Å². The van der Waals surface area contributed by atoms with E-state index in [1.807, 2.05) is 0 Å². The first-order valence-corrected chi connectivity index (χ1v) is 6.94. The first-order valence-electron chi connectivity index (χ1n) is 5.39. The molecule has 0 bridgehead atoms. The molecule has 0 unspecified atom stereocenters. The molecule has 0 aliphatic carbocycles. The SMILES string of the molecule is COc1cccc(F)c1-c1ccc(S(N)(=O)=O)cc1. The number of halogens is 1. The molecule has 2 aromatic rings. The molecule has 0 fully saturated rings. The van der Waals surface area contributed by atoms with Crippen molar-refractivity contribution in [3.05, 3.63) is 48.3 Å². The fourth-order valence-electron chi connectivity index (χ4n) is 1.77. The summed E-state index contributed by atoms with van der Waals surface area (Å²) in [6, 6.07) is 10.1. The molecule has 0 saturated heterocycles. The number of methoxy groups -OCH3 is 1. The third-order valence-electron chi connectivity index (χ3n) is 2.67. The highest BCUT2D eigenvalue weighted by molar-refractivity contribution is 7.89. The molecule has 0 spiro atoms. The zero-order chi connectivity index (χ0) is 14.0. The minimum atomic E-state index is -3.75. The molecule has 0 radical (unpaired) electrons. The maximum absolute atomic E-state index is 13.8. The first kappa shape index (κ1) is 13.5. The molecule has 0 aromatic heterocycles. The number of hydrogen-bond donors (Lipinski definition) is 1. The van der Waals surface area contributed by atoms with Gasteiger partial charge in [-0.3, -0.25) is 0 Å². The van der Waals surface area contributed by atoms with Crippen LogP contribution in [-0.2, 0) is 10.0 Å². The molecule has 4 nitrogen and oxygen atoms in total. The lowest BCUT2D eigenvalue weighted by molar-refractivity contribution is 0.413. The van der Waals surface area contributed by atoms with Gasteiger partial charge < -0.3 is 4.74 Å². The number of primary sulfonamides is 1. The number of ether oxygens (including phenoxy) is 1. The van der Waals surface area contributed by atoms with Crippen molar-refractivity contribution in [1.82, 2.24) is 0 Å². The summed E-state index contributed by atoms with van der Waals surface area (Å²) in [4.78, 5) is -0.0217. The summed E-state index contributed by atoms with van der Waals surface area (Å²) in [5.41, 5.74) is 0.799. The maximum atomic E-state index is 13.8. The quantitative estimate of drug-likeness (QED) is 0.937. The Balaban J connectivity index is 2.55. The minimum absolute atomic E-state index is 0.0217. The van der Waals surface area contributed by atoms with Crippen molar-refractivity contribution in [3.8, 4) is 16.9 Å². The number of benzene rings is 2. The highest BCUT2D eigenvalue weighted by atomic mass is 32.2. The number of sulfonamides is 1. The summed E-state index contributed by atoms with van der Waals surface area (Å²) in [5.74, 6) is -0.0638. The summed E-state index contributed by atoms with van der Waals surface area (Å²) in [7, 11) is -2.31. The van der Waals surface area contributed by atoms with Gasteiger partial charge in [-0.05, 0) is 29.8 Å². The van der Waals surface area contributed by atoms with Crippen molar-refractivity contribution >= 4 is 10.0 Å². The fraction of sp³-hybridized carbons (Fsp3) is 0.0769. The Hall–Kier alpha value is -1.92. The van der Waals surface area contributed by atoms with Crippen molar-refractivity contribution in [2.45, 2.75) is 4.90 Å². The highest BCUT2D eigenvalue weighted by Gasteiger charge is 2.13. The van der Waals surface area contributed by atoms with Crippen LogP contribution in [0.4, 0.5) is 4.39 Å². The van der Waals surface area contributed by atoms with Gasteiger partial charge in [0, 0.05) is 0 Å². The van der Waals surface area contributed by atoms with Crippen LogP contribution in [0.5, 0.6) is 5.75 Å². The van der Waals surface area contributed by atoms with Crippen LogP contribution < -0.4 is 9.88 Å². The summed E-state index contributed by atoms with van der Waals surface area (Å²) >= 11 is 0. The third-order valence-corrected chi connectivity index (χ3v) is 3.60. The Labute approximate surface area is 110 Å². The monoisotopic (exact) mass is 281 g/mol. The van der Waals surface area contributed by atoms with Gasteiger partial charge in [-0.25, -0.2) is 17.9 Å². The van der Waals surface area contributed by atoms with Crippen LogP contribution in [0.1, 0.15) is 0 Å². The molecular weight excluding hydrogens is 269 g/mol. The lowest BCUT2D eigenvalue weighted by Crippen LogP contribution is -2.11. The number of rotatable bonds is 3. The van der Waals surface area contributed by atoms with E-state index in [9.17, 15) is 12.8 Å². The van der Waals surface area contributed by atoms with Gasteiger partial charge in [0.25, 0.3) is 0 Å². The van der Waals surface area contributed by atoms with E-state index in [4.69, 9.17) is 9.88 Å². The van der Waals surface area contributed by atoms with E-state index in [2.05, 4.69) is 0 Å². The van der Waals surface area contributed by atoms with Crippen LogP contribution in [0, 0.1) is 5.82 Å². The van der Waals surface area contributed by atoms with Crippen LogP contribution in [-0.4, -0.2) is 15.5 Å². The van der Waals surface area contributed by atoms with Crippen molar-refractivity contribution in [1.29, 1.82) is 0 Å². The van der Waals surface area contributed by atoms with E-state index in [0.29, 0.717) is 11.3 Å². The van der Waals surface area contributed by atoms with E-state index in [-0.39, 0.29) is 10.5 Å². The Morgan fingerprint density at radius 3 is 2.26 bits per heavy atom. The van der Waals surface area contributed by atoms with Crippen LogP contribution in [0.15, 0.2) is 47.4 Å². The van der Waals surface area contributed by atoms with E-state index in [1.165, 1.54) is 43.5 Å². The molecule has 0 heterocycles. The Morgan fingerprint density at radius 2 is 1.74 bits per heavy atom. The van der Waals surface area contributed by atoms with E-state index in [1.54, 1.807) is 6.07 Å². The molecule has 19 heavy (non-hydrogen) atoms. The average Bonchev–Trinajstić information content (AvgIpc) is 2.37. The Bertz CT molecular complexity index is 696. The van der Waals surface area contributed by atoms with Crippen LogP contribution >= 0.6 is 0 Å². The molecule has 0 aliphatic rings. The first-order chi connectivity index (χ1) is 8.93. The van der Waals surface area contributed by atoms with Gasteiger partial charge in [0.15, 0.2) is 0 Å². The van der Waals surface area contributed by atoms with Crippen LogP contribution in [0.2, 0.25) is 0 Å². The minimum Gasteiger partial charge on any atom is -0.496 e. The van der Waals surface area contributed by atoms with Crippen molar-refractivity contribution in [2.24, 2.45) is 5.14 Å². The smallest absolute Gasteiger partial charge is 0.238 e. The van der Waals surface area contributed by atoms with Gasteiger partial charge >= 0.3 is 0 Å². The largest absolute Gasteiger partial charge is 0.496 e. The highest BCUT2D eigenvalue weighted by Crippen LogP contribution is 2.32. The third kappa shape index (κ3) is 2.74. The molecule has 2 N–H and O–H groups in total. The molecule has 0 atom stereocenters. The summed E-state index contributed by atoms with van der Waals surface area (Å²) in [6.45, 7) is 0. The Kier molecular flexibility index (Phi) is 3.55. The number of nitrogens with two attached hydrogens (primary N) is 1. The predicted octanol–water partition coefficient (Wildman–Crippen LogP) is 2.15. The molecular formula is C13H12FNO3S. The lowest BCUT2D eigenvalue weighted by atomic mass is 10.0. The summed E-state index contributed by atoms with van der Waals surface area (Å²) in [5, 5.41) is 5.00. The average molecular weight is 281 g/mol. The van der Waals surface area contributed by atoms with Gasteiger partial charge in [0.1, 0.15) is 11.6 Å². The number of hydrogen-bond acceptors (Lipinski definition) is 3. The fourth-order valence-corrected chi connectivity index (χ4v) is 2.28. The zero-order valence-electron chi connectivity index (χ0n) is 10.1. The lowest BCUT2D eigenvalue weighted by Gasteiger charge is -2.10.